The lowest BCUT2D eigenvalue weighted by Crippen LogP contribution is -2.14. The molecule has 0 aromatic rings. The number of carbonyl (C=O) groups excluding carboxylic acids is 2. The first kappa shape index (κ1) is 14.9. The summed E-state index contributed by atoms with van der Waals surface area (Å²) in [5, 5.41) is 0. The van der Waals surface area contributed by atoms with Gasteiger partial charge in [-0.2, -0.15) is 0 Å². The molecule has 0 fully saturated rings. The zero-order valence-corrected chi connectivity index (χ0v) is 10.3. The summed E-state index contributed by atoms with van der Waals surface area (Å²) in [6.45, 7) is 4.11. The van der Waals surface area contributed by atoms with Crippen LogP contribution in [0, 0.1) is 0 Å². The number of ether oxygens (including phenoxy) is 1. The van der Waals surface area contributed by atoms with E-state index in [9.17, 15) is 9.59 Å². The monoisotopic (exact) mass is 226 g/mol. The smallest absolute Gasteiger partial charge is 0.378 e. The Bertz CT molecular complexity index is 231. The number of esters is 1. The van der Waals surface area contributed by atoms with Crippen LogP contribution in [0.5, 0.6) is 0 Å². The number of rotatable bonds is 9. The fourth-order valence-corrected chi connectivity index (χ4v) is 1.33. The highest BCUT2D eigenvalue weighted by atomic mass is 16.5. The van der Waals surface area contributed by atoms with Crippen LogP contribution in [0.4, 0.5) is 0 Å². The predicted molar refractivity (Wildman–Crippen MR) is 64.2 cm³/mol. The van der Waals surface area contributed by atoms with Gasteiger partial charge in [0.15, 0.2) is 0 Å². The number of allylic oxidation sites excluding steroid dienone is 1. The molecule has 0 aromatic heterocycles. The minimum absolute atomic E-state index is 0.245. The Morgan fingerprint density at radius 1 is 1.06 bits per heavy atom. The van der Waals surface area contributed by atoms with Gasteiger partial charge in [-0.25, -0.2) is 4.79 Å². The molecular formula is C13H22O3. The van der Waals surface area contributed by atoms with Crippen molar-refractivity contribution in [3.8, 4) is 0 Å². The number of hydrogen-bond acceptors (Lipinski definition) is 3. The van der Waals surface area contributed by atoms with Crippen molar-refractivity contribution < 1.29 is 14.3 Å². The summed E-state index contributed by atoms with van der Waals surface area (Å²) in [6.07, 6.45) is 9.94. The molecule has 0 heterocycles. The lowest BCUT2D eigenvalue weighted by atomic mass is 10.1. The van der Waals surface area contributed by atoms with Crippen molar-refractivity contribution in [3.63, 3.8) is 0 Å². The van der Waals surface area contributed by atoms with Crippen LogP contribution in [0.1, 0.15) is 52.4 Å². The van der Waals surface area contributed by atoms with Crippen molar-refractivity contribution in [2.24, 2.45) is 0 Å². The highest BCUT2D eigenvalue weighted by Gasteiger charge is 2.09. The van der Waals surface area contributed by atoms with Crippen molar-refractivity contribution in [3.05, 3.63) is 12.2 Å². The van der Waals surface area contributed by atoms with E-state index in [1.807, 2.05) is 0 Å². The molecule has 0 amide bonds. The maximum Gasteiger partial charge on any atom is 0.378 e. The third-order valence-corrected chi connectivity index (χ3v) is 2.22. The van der Waals surface area contributed by atoms with Crippen molar-refractivity contribution in [1.82, 2.24) is 0 Å². The molecule has 92 valence electrons. The van der Waals surface area contributed by atoms with E-state index in [0.29, 0.717) is 0 Å². The maximum atomic E-state index is 11.1. The van der Waals surface area contributed by atoms with E-state index in [0.717, 1.165) is 12.8 Å². The largest absolute Gasteiger partial charge is 0.460 e. The van der Waals surface area contributed by atoms with E-state index in [1.54, 1.807) is 13.0 Å². The Balaban J connectivity index is 3.52. The second kappa shape index (κ2) is 10.4. The van der Waals surface area contributed by atoms with Gasteiger partial charge in [0.25, 0.3) is 5.78 Å². The van der Waals surface area contributed by atoms with E-state index >= 15 is 0 Å². The van der Waals surface area contributed by atoms with Gasteiger partial charge in [-0.3, -0.25) is 4.79 Å². The number of ketones is 1. The Kier molecular flexibility index (Phi) is 9.67. The summed E-state index contributed by atoms with van der Waals surface area (Å²) in [4.78, 5) is 22.0. The topological polar surface area (TPSA) is 43.4 Å². The molecule has 0 aliphatic carbocycles. The van der Waals surface area contributed by atoms with Gasteiger partial charge >= 0.3 is 5.97 Å². The standard InChI is InChI=1S/C13H22O3/c1-3-5-6-7-8-9-10-11-12(14)13(15)16-4-2/h10-11H,3-9H2,1-2H3/b11-10+. The highest BCUT2D eigenvalue weighted by molar-refractivity contribution is 6.38. The Morgan fingerprint density at radius 3 is 2.38 bits per heavy atom. The zero-order valence-electron chi connectivity index (χ0n) is 10.3. The first-order valence-electron chi connectivity index (χ1n) is 6.10. The fourth-order valence-electron chi connectivity index (χ4n) is 1.33. The lowest BCUT2D eigenvalue weighted by Gasteiger charge is -1.97. The molecule has 0 rings (SSSR count). The fraction of sp³-hybridized carbons (Fsp3) is 0.692. The van der Waals surface area contributed by atoms with E-state index in [2.05, 4.69) is 11.7 Å². The normalized spacial score (nSPS) is 10.6. The van der Waals surface area contributed by atoms with Crippen molar-refractivity contribution in [2.75, 3.05) is 6.61 Å². The molecule has 3 nitrogen and oxygen atoms in total. The maximum absolute atomic E-state index is 11.1. The van der Waals surface area contributed by atoms with E-state index in [1.165, 1.54) is 31.8 Å². The van der Waals surface area contributed by atoms with Gasteiger partial charge in [0, 0.05) is 0 Å². The summed E-state index contributed by atoms with van der Waals surface area (Å²) in [5.74, 6) is -1.32. The molecule has 0 N–H and O–H groups in total. The summed E-state index contributed by atoms with van der Waals surface area (Å²) < 4.78 is 4.57. The van der Waals surface area contributed by atoms with Crippen LogP contribution in [-0.2, 0) is 14.3 Å². The van der Waals surface area contributed by atoms with E-state index < -0.39 is 11.8 Å². The van der Waals surface area contributed by atoms with Gasteiger partial charge in [-0.1, -0.05) is 38.7 Å². The summed E-state index contributed by atoms with van der Waals surface area (Å²) in [6, 6.07) is 0. The molecule has 0 aliphatic heterocycles. The number of unbranched alkanes of at least 4 members (excludes halogenated alkanes) is 5. The molecule has 0 spiro atoms. The van der Waals surface area contributed by atoms with E-state index in [-0.39, 0.29) is 6.61 Å². The zero-order chi connectivity index (χ0) is 12.2. The van der Waals surface area contributed by atoms with Crippen LogP contribution in [-0.4, -0.2) is 18.4 Å². The van der Waals surface area contributed by atoms with Crippen LogP contribution in [0.2, 0.25) is 0 Å². The van der Waals surface area contributed by atoms with Gasteiger partial charge in [-0.15, -0.1) is 0 Å². The Morgan fingerprint density at radius 2 is 1.75 bits per heavy atom. The Labute approximate surface area is 97.9 Å². The Hall–Kier alpha value is -1.12. The molecule has 0 atom stereocenters. The van der Waals surface area contributed by atoms with Gasteiger partial charge in [0.05, 0.1) is 6.61 Å². The molecular weight excluding hydrogens is 204 g/mol. The van der Waals surface area contributed by atoms with Crippen LogP contribution in [0.25, 0.3) is 0 Å². The van der Waals surface area contributed by atoms with Crippen LogP contribution in [0.3, 0.4) is 0 Å². The average Bonchev–Trinajstić information content (AvgIpc) is 2.28. The third kappa shape index (κ3) is 8.21. The average molecular weight is 226 g/mol. The molecule has 0 unspecified atom stereocenters. The molecule has 0 aliphatic rings. The van der Waals surface area contributed by atoms with Crippen LogP contribution < -0.4 is 0 Å². The van der Waals surface area contributed by atoms with Crippen LogP contribution >= 0.6 is 0 Å². The minimum Gasteiger partial charge on any atom is -0.460 e. The molecule has 0 bridgehead atoms. The molecule has 0 aromatic carbocycles. The van der Waals surface area contributed by atoms with Crippen molar-refractivity contribution in [2.45, 2.75) is 52.4 Å². The minimum atomic E-state index is -0.760. The van der Waals surface area contributed by atoms with Gasteiger partial charge in [0.1, 0.15) is 0 Å². The summed E-state index contributed by atoms with van der Waals surface area (Å²) in [7, 11) is 0. The second-order valence-electron chi connectivity index (χ2n) is 3.69. The second-order valence-corrected chi connectivity index (χ2v) is 3.69. The molecule has 0 saturated heterocycles. The SMILES string of the molecule is CCCCCCC/C=C/C(=O)C(=O)OCC. The predicted octanol–water partition coefficient (Wildman–Crippen LogP) is 3.04. The quantitative estimate of drug-likeness (QED) is 0.263. The highest BCUT2D eigenvalue weighted by Crippen LogP contribution is 2.05. The third-order valence-electron chi connectivity index (χ3n) is 2.22. The van der Waals surface area contributed by atoms with Crippen molar-refractivity contribution in [1.29, 1.82) is 0 Å². The summed E-state index contributed by atoms with van der Waals surface area (Å²) in [5.41, 5.74) is 0. The molecule has 16 heavy (non-hydrogen) atoms. The van der Waals surface area contributed by atoms with Crippen LogP contribution in [0.15, 0.2) is 12.2 Å². The molecule has 0 radical (unpaired) electrons. The van der Waals surface area contributed by atoms with Gasteiger partial charge in [0.2, 0.25) is 0 Å². The number of hydrogen-bond donors (Lipinski definition) is 0. The first-order valence-corrected chi connectivity index (χ1v) is 6.10. The first-order chi connectivity index (χ1) is 7.72. The molecule has 3 heteroatoms. The number of carbonyl (C=O) groups is 2. The van der Waals surface area contributed by atoms with Gasteiger partial charge in [-0.05, 0) is 25.8 Å². The van der Waals surface area contributed by atoms with Crippen molar-refractivity contribution >= 4 is 11.8 Å². The van der Waals surface area contributed by atoms with E-state index in [4.69, 9.17) is 0 Å². The van der Waals surface area contributed by atoms with Gasteiger partial charge < -0.3 is 4.74 Å². The molecule has 0 saturated carbocycles. The lowest BCUT2D eigenvalue weighted by molar-refractivity contribution is -0.151. The summed E-state index contributed by atoms with van der Waals surface area (Å²) >= 11 is 0.